The van der Waals surface area contributed by atoms with E-state index in [9.17, 15) is 14.7 Å². The Morgan fingerprint density at radius 1 is 1.16 bits per heavy atom. The molecule has 0 amide bonds. The Balaban J connectivity index is 1.74. The zero-order valence-corrected chi connectivity index (χ0v) is 23.7. The molecule has 2 fully saturated rings. The zero-order chi connectivity index (χ0) is 27.2. The first-order valence-electron chi connectivity index (χ1n) is 14.2. The third-order valence-electron chi connectivity index (χ3n) is 8.75. The topological polar surface area (TPSA) is 72.8 Å². The molecule has 5 nitrogen and oxygen atoms in total. The fraction of sp³-hybridized carbons (Fsp3) is 0.688. The Kier molecular flexibility index (Phi) is 9.86. The smallest absolute Gasteiger partial charge is 0.302 e. The molecule has 5 atom stereocenters. The van der Waals surface area contributed by atoms with Gasteiger partial charge in [-0.3, -0.25) is 9.59 Å². The molecule has 2 saturated carbocycles. The van der Waals surface area contributed by atoms with E-state index in [2.05, 4.69) is 43.9 Å². The van der Waals surface area contributed by atoms with Crippen LogP contribution < -0.4 is 0 Å². The second-order valence-corrected chi connectivity index (χ2v) is 11.5. The molecule has 3 rings (SSSR count). The predicted octanol–water partition coefficient (Wildman–Crippen LogP) is 6.60. The van der Waals surface area contributed by atoms with Crippen LogP contribution in [0.2, 0.25) is 0 Å². The highest BCUT2D eigenvalue weighted by Gasteiger charge is 2.45. The second-order valence-electron chi connectivity index (χ2n) is 11.5. The van der Waals surface area contributed by atoms with Gasteiger partial charge < -0.3 is 14.6 Å². The van der Waals surface area contributed by atoms with Gasteiger partial charge in [-0.05, 0) is 55.8 Å². The molecule has 5 heteroatoms. The maximum atomic E-state index is 11.6. The highest BCUT2D eigenvalue weighted by molar-refractivity contribution is 5.67. The van der Waals surface area contributed by atoms with Gasteiger partial charge in [0.05, 0.1) is 0 Å². The van der Waals surface area contributed by atoms with Crippen molar-refractivity contribution in [1.82, 2.24) is 0 Å². The van der Waals surface area contributed by atoms with Crippen molar-refractivity contribution in [3.63, 3.8) is 0 Å². The summed E-state index contributed by atoms with van der Waals surface area (Å²) in [5, 5.41) is 10.5. The fourth-order valence-corrected chi connectivity index (χ4v) is 6.66. The number of ether oxygens (including phenoxy) is 2. The molecule has 0 aliphatic heterocycles. The summed E-state index contributed by atoms with van der Waals surface area (Å²) in [7, 11) is 0. The van der Waals surface area contributed by atoms with Crippen molar-refractivity contribution in [2.75, 3.05) is 0 Å². The SMILES string of the molecule is CCC(O)(C#CCC(C)C1=CCC2/C(=C/C=C3/CC(OC(C)=O)C[C@H](OC(C)=O)C3)CCC[C@]12C)CC. The molecule has 0 spiro atoms. The van der Waals surface area contributed by atoms with E-state index in [0.29, 0.717) is 43.9 Å². The van der Waals surface area contributed by atoms with Crippen molar-refractivity contribution < 1.29 is 24.2 Å². The minimum atomic E-state index is -0.869. The van der Waals surface area contributed by atoms with Gasteiger partial charge in [-0.2, -0.15) is 0 Å². The average Bonchev–Trinajstić information content (AvgIpc) is 3.19. The van der Waals surface area contributed by atoms with Crippen molar-refractivity contribution in [1.29, 1.82) is 0 Å². The Morgan fingerprint density at radius 2 is 1.78 bits per heavy atom. The van der Waals surface area contributed by atoms with Crippen LogP contribution in [0.25, 0.3) is 0 Å². The lowest BCUT2D eigenvalue weighted by Crippen LogP contribution is -2.32. The van der Waals surface area contributed by atoms with Crippen LogP contribution in [0.3, 0.4) is 0 Å². The van der Waals surface area contributed by atoms with E-state index in [1.165, 1.54) is 31.4 Å². The molecule has 0 aromatic carbocycles. The van der Waals surface area contributed by atoms with E-state index in [0.717, 1.165) is 31.3 Å². The van der Waals surface area contributed by atoms with Gasteiger partial charge >= 0.3 is 11.9 Å². The van der Waals surface area contributed by atoms with Crippen LogP contribution in [0.15, 0.2) is 34.9 Å². The number of aliphatic hydroxyl groups is 1. The summed E-state index contributed by atoms with van der Waals surface area (Å²) in [5.41, 5.74) is 3.44. The summed E-state index contributed by atoms with van der Waals surface area (Å²) in [4.78, 5) is 23.1. The molecule has 0 radical (unpaired) electrons. The molecule has 1 N–H and O–H groups in total. The normalized spacial score (nSPS) is 30.7. The third-order valence-corrected chi connectivity index (χ3v) is 8.75. The minimum Gasteiger partial charge on any atom is -0.462 e. The monoisotopic (exact) mass is 510 g/mol. The van der Waals surface area contributed by atoms with E-state index in [1.54, 1.807) is 0 Å². The van der Waals surface area contributed by atoms with Gasteiger partial charge in [0.1, 0.15) is 17.8 Å². The number of rotatable bonds is 7. The van der Waals surface area contributed by atoms with Gasteiger partial charge in [0.2, 0.25) is 0 Å². The summed E-state index contributed by atoms with van der Waals surface area (Å²) in [5.74, 6) is 6.68. The Hall–Kier alpha value is -2.32. The molecule has 204 valence electrons. The van der Waals surface area contributed by atoms with Gasteiger partial charge in [-0.15, -0.1) is 0 Å². The van der Waals surface area contributed by atoms with Crippen LogP contribution in [0.4, 0.5) is 0 Å². The van der Waals surface area contributed by atoms with Crippen molar-refractivity contribution >= 4 is 11.9 Å². The average molecular weight is 511 g/mol. The number of carbonyl (C=O) groups excluding carboxylic acids is 2. The van der Waals surface area contributed by atoms with Crippen LogP contribution >= 0.6 is 0 Å². The molecule has 0 aromatic rings. The van der Waals surface area contributed by atoms with E-state index >= 15 is 0 Å². The molecule has 3 unspecified atom stereocenters. The van der Waals surface area contributed by atoms with Crippen LogP contribution in [-0.4, -0.2) is 34.9 Å². The lowest BCUT2D eigenvalue weighted by molar-refractivity contribution is -0.154. The molecule has 3 aliphatic rings. The zero-order valence-electron chi connectivity index (χ0n) is 23.7. The van der Waals surface area contributed by atoms with Crippen molar-refractivity contribution in [3.8, 4) is 11.8 Å². The Morgan fingerprint density at radius 3 is 2.35 bits per heavy atom. The molecule has 37 heavy (non-hydrogen) atoms. The van der Waals surface area contributed by atoms with Crippen molar-refractivity contribution in [3.05, 3.63) is 34.9 Å². The van der Waals surface area contributed by atoms with Crippen LogP contribution in [0.5, 0.6) is 0 Å². The van der Waals surface area contributed by atoms with E-state index in [-0.39, 0.29) is 29.6 Å². The molecular formula is C32H46O5. The van der Waals surface area contributed by atoms with E-state index in [4.69, 9.17) is 9.47 Å². The number of hydrogen-bond donors (Lipinski definition) is 1. The standard InChI is InChI=1S/C32H46O5/c1-7-32(35,8-2)18-9-11-22(3)29-15-16-30-26(12-10-17-31(29,30)6)14-13-25-19-27(36-23(4)33)21-28(20-25)37-24(5)34/h13-15,22,27-28,30,35H,7-8,10-12,16-17,19-21H2,1-6H3/b25-13-,26-14+/t22?,27?,28-,30?,31-/m1/s1. The van der Waals surface area contributed by atoms with E-state index in [1.807, 2.05) is 13.8 Å². The Bertz CT molecular complexity index is 976. The summed E-state index contributed by atoms with van der Waals surface area (Å²) < 4.78 is 11.0. The quantitative estimate of drug-likeness (QED) is 0.237. The maximum absolute atomic E-state index is 11.6. The Labute approximate surface area is 223 Å². The summed E-state index contributed by atoms with van der Waals surface area (Å²) in [6.45, 7) is 11.5. The van der Waals surface area contributed by atoms with Crippen molar-refractivity contribution in [2.45, 2.75) is 124 Å². The lowest BCUT2D eigenvalue weighted by atomic mass is 9.62. The summed E-state index contributed by atoms with van der Waals surface area (Å²) in [6, 6.07) is 0. The molecule has 0 aromatic heterocycles. The number of fused-ring (bicyclic) bond motifs is 1. The summed E-state index contributed by atoms with van der Waals surface area (Å²) >= 11 is 0. The van der Waals surface area contributed by atoms with Gasteiger partial charge in [0.25, 0.3) is 0 Å². The lowest BCUT2D eigenvalue weighted by Gasteiger charge is -2.42. The minimum absolute atomic E-state index is 0.141. The third kappa shape index (κ3) is 7.38. The first kappa shape index (κ1) is 29.2. The number of esters is 2. The summed E-state index contributed by atoms with van der Waals surface area (Å²) in [6.07, 6.45) is 14.9. The first-order valence-corrected chi connectivity index (χ1v) is 14.2. The van der Waals surface area contributed by atoms with Crippen LogP contribution in [-0.2, 0) is 19.1 Å². The van der Waals surface area contributed by atoms with Crippen LogP contribution in [0, 0.1) is 29.1 Å². The first-order chi connectivity index (χ1) is 17.5. The second kappa shape index (κ2) is 12.5. The largest absolute Gasteiger partial charge is 0.462 e. The number of carbonyl (C=O) groups is 2. The number of hydrogen-bond acceptors (Lipinski definition) is 5. The molecule has 0 heterocycles. The highest BCUT2D eigenvalue weighted by Crippen LogP contribution is 2.56. The predicted molar refractivity (Wildman–Crippen MR) is 146 cm³/mol. The molecule has 0 bridgehead atoms. The van der Waals surface area contributed by atoms with Gasteiger partial charge in [-0.1, -0.05) is 74.5 Å². The maximum Gasteiger partial charge on any atom is 0.302 e. The number of allylic oxidation sites excluding steroid dienone is 5. The van der Waals surface area contributed by atoms with Crippen LogP contribution in [0.1, 0.15) is 106 Å². The molecule has 3 aliphatic carbocycles. The fourth-order valence-electron chi connectivity index (χ4n) is 6.66. The molecular weight excluding hydrogens is 464 g/mol. The van der Waals surface area contributed by atoms with Gasteiger partial charge in [0, 0.05) is 39.5 Å². The molecule has 0 saturated heterocycles. The van der Waals surface area contributed by atoms with Crippen molar-refractivity contribution in [2.24, 2.45) is 17.3 Å². The van der Waals surface area contributed by atoms with Gasteiger partial charge in [-0.25, -0.2) is 0 Å². The van der Waals surface area contributed by atoms with Gasteiger partial charge in [0.15, 0.2) is 0 Å². The highest BCUT2D eigenvalue weighted by atomic mass is 16.6. The van der Waals surface area contributed by atoms with E-state index < -0.39 is 5.60 Å².